The molecule has 1 saturated heterocycles. The van der Waals surface area contributed by atoms with Crippen molar-refractivity contribution in [3.63, 3.8) is 0 Å². The van der Waals surface area contributed by atoms with E-state index in [1.54, 1.807) is 51.7 Å². The largest absolute Gasteiger partial charge is 0.489 e. The molecule has 45 heavy (non-hydrogen) atoms. The first-order valence-corrected chi connectivity index (χ1v) is 15.1. The molecule has 0 aliphatic carbocycles. The van der Waals surface area contributed by atoms with Crippen LogP contribution in [0.15, 0.2) is 48.5 Å². The Kier molecular flexibility index (Phi) is 12.7. The van der Waals surface area contributed by atoms with Crippen molar-refractivity contribution in [2.45, 2.75) is 83.4 Å². The van der Waals surface area contributed by atoms with Crippen LogP contribution in [0.4, 0.5) is 13.6 Å². The highest BCUT2D eigenvalue weighted by atomic mass is 19.1. The first kappa shape index (κ1) is 35.7. The van der Waals surface area contributed by atoms with Gasteiger partial charge in [-0.15, -0.1) is 0 Å². The fraction of sp³-hybridized carbons (Fsp3) is 0.545. The van der Waals surface area contributed by atoms with E-state index < -0.39 is 35.8 Å². The number of hydrogen-bond acceptors (Lipinski definition) is 7. The van der Waals surface area contributed by atoms with E-state index in [2.05, 4.69) is 10.6 Å². The number of hydrogen-bond donors (Lipinski definition) is 2. The lowest BCUT2D eigenvalue weighted by Gasteiger charge is -2.33. The Morgan fingerprint density at radius 3 is 2.20 bits per heavy atom. The van der Waals surface area contributed by atoms with E-state index in [9.17, 15) is 23.2 Å². The Morgan fingerprint density at radius 2 is 1.62 bits per heavy atom. The van der Waals surface area contributed by atoms with E-state index >= 15 is 0 Å². The number of benzene rings is 2. The van der Waals surface area contributed by atoms with Crippen LogP contribution in [0, 0.1) is 11.6 Å². The number of ether oxygens (including phenoxy) is 3. The summed E-state index contributed by atoms with van der Waals surface area (Å²) in [4.78, 5) is 42.8. The zero-order valence-corrected chi connectivity index (χ0v) is 27.1. The third kappa shape index (κ3) is 10.7. The van der Waals surface area contributed by atoms with E-state index in [4.69, 9.17) is 14.2 Å². The molecule has 10 nitrogen and oxygen atoms in total. The number of rotatable bonds is 13. The van der Waals surface area contributed by atoms with Crippen molar-refractivity contribution in [2.24, 2.45) is 0 Å². The van der Waals surface area contributed by atoms with Crippen LogP contribution in [-0.2, 0) is 25.5 Å². The molecule has 12 heteroatoms. The first-order valence-electron chi connectivity index (χ1n) is 15.1. The van der Waals surface area contributed by atoms with Gasteiger partial charge >= 0.3 is 6.09 Å². The molecule has 1 fully saturated rings. The molecule has 0 spiro atoms. The Hall–Kier alpha value is -3.77. The van der Waals surface area contributed by atoms with Gasteiger partial charge in [0.15, 0.2) is 0 Å². The van der Waals surface area contributed by atoms with E-state index in [0.29, 0.717) is 31.7 Å². The summed E-state index contributed by atoms with van der Waals surface area (Å²) in [7, 11) is 2.91. The molecular weight excluding hydrogens is 586 g/mol. The van der Waals surface area contributed by atoms with Crippen LogP contribution in [0.3, 0.4) is 0 Å². The molecule has 0 unspecified atom stereocenters. The van der Waals surface area contributed by atoms with E-state index in [1.165, 1.54) is 55.5 Å². The molecule has 0 radical (unpaired) electrons. The van der Waals surface area contributed by atoms with E-state index in [0.717, 1.165) is 5.56 Å². The standard InChI is InChI=1S/C33H46F2N4O6/c1-21(38(6)32(42)45-33(3,4)5)30(40)37-29(22(2)43-7)31(41)39-20-28(44-27-14-12-25(35)13-15-27)18-26(39)19-36-17-16-23-8-10-24(34)11-9-23/h8-15,21-22,26,28-29,36H,16-20H2,1-7H3,(H,37,40)/t21-,22+,26-,28-,29-/m0/s1. The summed E-state index contributed by atoms with van der Waals surface area (Å²) in [5.41, 5.74) is 0.234. The van der Waals surface area contributed by atoms with E-state index in [1.807, 2.05) is 0 Å². The monoisotopic (exact) mass is 632 g/mol. The summed E-state index contributed by atoms with van der Waals surface area (Å²) in [5.74, 6) is -1.10. The van der Waals surface area contributed by atoms with Gasteiger partial charge in [-0.1, -0.05) is 12.1 Å². The second-order valence-corrected chi connectivity index (χ2v) is 12.3. The highest BCUT2D eigenvalue weighted by Crippen LogP contribution is 2.25. The minimum atomic E-state index is -1.05. The van der Waals surface area contributed by atoms with Crippen molar-refractivity contribution in [3.8, 4) is 5.75 Å². The van der Waals surface area contributed by atoms with Crippen molar-refractivity contribution in [3.05, 3.63) is 65.7 Å². The minimum absolute atomic E-state index is 0.233. The molecule has 1 aliphatic rings. The number of nitrogens with zero attached hydrogens (tertiary/aromatic N) is 2. The highest BCUT2D eigenvalue weighted by molar-refractivity contribution is 5.91. The van der Waals surface area contributed by atoms with Gasteiger partial charge in [0.25, 0.3) is 0 Å². The molecule has 2 aromatic rings. The van der Waals surface area contributed by atoms with E-state index in [-0.39, 0.29) is 36.2 Å². The maximum atomic E-state index is 14.1. The maximum absolute atomic E-state index is 14.1. The van der Waals surface area contributed by atoms with Crippen LogP contribution >= 0.6 is 0 Å². The Balaban J connectivity index is 1.73. The SMILES string of the molecule is CO[C@H](C)[C@H](NC(=O)[C@H](C)N(C)C(=O)OC(C)(C)C)C(=O)N1C[C@@H](Oc2ccc(F)cc2)C[C@H]1CNCCc1ccc(F)cc1. The zero-order valence-electron chi connectivity index (χ0n) is 27.1. The molecule has 0 bridgehead atoms. The van der Waals surface area contributed by atoms with Crippen LogP contribution in [0.1, 0.15) is 46.6 Å². The van der Waals surface area contributed by atoms with Crippen LogP contribution in [0.5, 0.6) is 5.75 Å². The molecule has 3 rings (SSSR count). The fourth-order valence-corrected chi connectivity index (χ4v) is 4.92. The van der Waals surface area contributed by atoms with Gasteiger partial charge in [-0.2, -0.15) is 0 Å². The predicted molar refractivity (Wildman–Crippen MR) is 166 cm³/mol. The number of likely N-dealkylation sites (N-methyl/N-ethyl adjacent to an activating group) is 1. The highest BCUT2D eigenvalue weighted by Gasteiger charge is 2.42. The van der Waals surface area contributed by atoms with Gasteiger partial charge < -0.3 is 29.7 Å². The molecule has 1 aliphatic heterocycles. The molecule has 3 amide bonds. The average molecular weight is 633 g/mol. The van der Waals surface area contributed by atoms with Gasteiger partial charge in [0.2, 0.25) is 11.8 Å². The summed E-state index contributed by atoms with van der Waals surface area (Å²) in [6.45, 7) is 9.70. The van der Waals surface area contributed by atoms with Crippen molar-refractivity contribution in [1.29, 1.82) is 0 Å². The summed E-state index contributed by atoms with van der Waals surface area (Å²) in [6.07, 6.45) is -0.579. The summed E-state index contributed by atoms with van der Waals surface area (Å²) >= 11 is 0. The Morgan fingerprint density at radius 1 is 1.02 bits per heavy atom. The van der Waals surface area contributed by atoms with Gasteiger partial charge in [0, 0.05) is 33.2 Å². The maximum Gasteiger partial charge on any atom is 0.410 e. The van der Waals surface area contributed by atoms with Gasteiger partial charge in [0.05, 0.1) is 12.6 Å². The number of nitrogens with one attached hydrogen (secondary N) is 2. The van der Waals surface area contributed by atoms with Gasteiger partial charge in [-0.05, 0) is 89.5 Å². The molecule has 0 aromatic heterocycles. The second-order valence-electron chi connectivity index (χ2n) is 12.3. The minimum Gasteiger partial charge on any atom is -0.489 e. The predicted octanol–water partition coefficient (Wildman–Crippen LogP) is 3.92. The molecule has 248 valence electrons. The van der Waals surface area contributed by atoms with Gasteiger partial charge in [-0.25, -0.2) is 13.6 Å². The third-order valence-corrected chi connectivity index (χ3v) is 7.71. The third-order valence-electron chi connectivity index (χ3n) is 7.71. The summed E-state index contributed by atoms with van der Waals surface area (Å²) < 4.78 is 43.7. The lowest BCUT2D eigenvalue weighted by Crippen LogP contribution is -2.59. The smallest absolute Gasteiger partial charge is 0.410 e. The van der Waals surface area contributed by atoms with Gasteiger partial charge in [0.1, 0.15) is 41.2 Å². The van der Waals surface area contributed by atoms with Crippen molar-refractivity contribution < 1.29 is 37.4 Å². The topological polar surface area (TPSA) is 109 Å². The first-order chi connectivity index (χ1) is 21.2. The average Bonchev–Trinajstić information content (AvgIpc) is 3.39. The molecule has 1 heterocycles. The molecular formula is C33H46F2N4O6. The van der Waals surface area contributed by atoms with Crippen molar-refractivity contribution in [2.75, 3.05) is 33.8 Å². The number of methoxy groups -OCH3 is 1. The van der Waals surface area contributed by atoms with Crippen LogP contribution < -0.4 is 15.4 Å². The quantitative estimate of drug-likeness (QED) is 0.322. The number of amides is 3. The number of likely N-dealkylation sites (tertiary alicyclic amines) is 1. The number of carbonyl (C=O) groups is 3. The lowest BCUT2D eigenvalue weighted by atomic mass is 10.1. The lowest BCUT2D eigenvalue weighted by molar-refractivity contribution is -0.141. The van der Waals surface area contributed by atoms with Gasteiger partial charge in [-0.3, -0.25) is 14.5 Å². The molecule has 2 aromatic carbocycles. The normalized spacial score (nSPS) is 18.6. The van der Waals surface area contributed by atoms with Crippen molar-refractivity contribution in [1.82, 2.24) is 20.4 Å². The second kappa shape index (κ2) is 16.0. The zero-order chi connectivity index (χ0) is 33.3. The molecule has 0 saturated carbocycles. The van der Waals surface area contributed by atoms with Crippen LogP contribution in [0.25, 0.3) is 0 Å². The summed E-state index contributed by atoms with van der Waals surface area (Å²) in [5, 5.41) is 6.17. The summed E-state index contributed by atoms with van der Waals surface area (Å²) in [6, 6.07) is 9.71. The number of halogens is 2. The van der Waals surface area contributed by atoms with Crippen LogP contribution in [-0.4, -0.2) is 97.4 Å². The Bertz CT molecular complexity index is 1270. The molecule has 2 N–H and O–H groups in total. The molecule has 5 atom stereocenters. The fourth-order valence-electron chi connectivity index (χ4n) is 4.92. The number of carbonyl (C=O) groups excluding carboxylic acids is 3. The Labute approximate surface area is 264 Å². The van der Waals surface area contributed by atoms with Crippen LogP contribution in [0.2, 0.25) is 0 Å². The van der Waals surface area contributed by atoms with Crippen molar-refractivity contribution >= 4 is 17.9 Å².